The third-order valence-electron chi connectivity index (χ3n) is 5.62. The lowest BCUT2D eigenvalue weighted by atomic mass is 9.75. The Morgan fingerprint density at radius 1 is 0.741 bits per heavy atom. The molecule has 0 aromatic heterocycles. The molecule has 0 bridgehead atoms. The summed E-state index contributed by atoms with van der Waals surface area (Å²) in [5, 5.41) is 13.7. The lowest BCUT2D eigenvalue weighted by Crippen LogP contribution is -2.42. The number of rotatable bonds is 3. The first-order chi connectivity index (χ1) is 13.3. The van der Waals surface area contributed by atoms with E-state index >= 15 is 0 Å². The van der Waals surface area contributed by atoms with Crippen molar-refractivity contribution < 1.29 is 5.21 Å². The van der Waals surface area contributed by atoms with E-state index in [4.69, 9.17) is 0 Å². The van der Waals surface area contributed by atoms with Crippen LogP contribution in [0, 0.1) is 0 Å². The Labute approximate surface area is 160 Å². The lowest BCUT2D eigenvalue weighted by molar-refractivity contribution is 0.144. The molecule has 1 saturated heterocycles. The molecule has 3 aromatic rings. The van der Waals surface area contributed by atoms with Crippen LogP contribution in [-0.4, -0.2) is 22.9 Å². The van der Waals surface area contributed by atoms with Crippen LogP contribution in [0.25, 0.3) is 0 Å². The first-order valence-electron chi connectivity index (χ1n) is 9.37. The van der Waals surface area contributed by atoms with E-state index in [9.17, 15) is 5.21 Å². The van der Waals surface area contributed by atoms with Crippen molar-refractivity contribution in [3.8, 4) is 0 Å². The summed E-state index contributed by atoms with van der Waals surface area (Å²) in [7, 11) is 2.18. The average molecular weight is 356 g/mol. The molecule has 3 aromatic carbocycles. The van der Waals surface area contributed by atoms with Crippen LogP contribution in [0.1, 0.15) is 41.1 Å². The van der Waals surface area contributed by atoms with Gasteiger partial charge < -0.3 is 5.21 Å². The fourth-order valence-corrected chi connectivity index (χ4v) is 4.32. The molecule has 0 radical (unpaired) electrons. The van der Waals surface area contributed by atoms with Crippen molar-refractivity contribution in [1.29, 1.82) is 0 Å². The Balaban J connectivity index is 1.84. The second-order valence-electron chi connectivity index (χ2n) is 7.13. The topological polar surface area (TPSA) is 35.8 Å². The van der Waals surface area contributed by atoms with Crippen molar-refractivity contribution >= 4 is 5.71 Å². The predicted octanol–water partition coefficient (Wildman–Crippen LogP) is 5.42. The van der Waals surface area contributed by atoms with E-state index in [1.807, 2.05) is 18.2 Å². The highest BCUT2D eigenvalue weighted by molar-refractivity contribution is 5.93. The Morgan fingerprint density at radius 2 is 1.22 bits per heavy atom. The number of hydrogen-bond donors (Lipinski definition) is 1. The SMILES string of the molecule is CN1[C@@H](c2ccccc2)C/C(=N/O)[C@H](c2ccccc2)[C@@H]1c1ccccc1. The first kappa shape index (κ1) is 17.5. The normalized spacial score (nSPS) is 24.8. The third kappa shape index (κ3) is 3.38. The van der Waals surface area contributed by atoms with Crippen LogP contribution < -0.4 is 0 Å². The summed E-state index contributed by atoms with van der Waals surface area (Å²) in [6.07, 6.45) is 0.708. The van der Waals surface area contributed by atoms with Crippen molar-refractivity contribution in [2.45, 2.75) is 24.4 Å². The summed E-state index contributed by atoms with van der Waals surface area (Å²) in [5.41, 5.74) is 4.49. The highest BCUT2D eigenvalue weighted by Crippen LogP contribution is 2.47. The van der Waals surface area contributed by atoms with Gasteiger partial charge in [0.2, 0.25) is 0 Å². The van der Waals surface area contributed by atoms with E-state index in [0.717, 1.165) is 5.71 Å². The third-order valence-corrected chi connectivity index (χ3v) is 5.62. The van der Waals surface area contributed by atoms with Crippen LogP contribution >= 0.6 is 0 Å². The van der Waals surface area contributed by atoms with Gasteiger partial charge >= 0.3 is 0 Å². The van der Waals surface area contributed by atoms with Crippen LogP contribution in [0.3, 0.4) is 0 Å². The van der Waals surface area contributed by atoms with Gasteiger partial charge in [0.15, 0.2) is 0 Å². The van der Waals surface area contributed by atoms with Gasteiger partial charge in [-0.05, 0) is 23.7 Å². The molecule has 1 heterocycles. The number of likely N-dealkylation sites (tertiary alicyclic amines) is 1. The fraction of sp³-hybridized carbons (Fsp3) is 0.208. The highest BCUT2D eigenvalue weighted by Gasteiger charge is 2.41. The maximum absolute atomic E-state index is 9.91. The molecule has 3 nitrogen and oxygen atoms in total. The molecular formula is C24H24N2O. The molecule has 1 aliphatic heterocycles. The van der Waals surface area contributed by atoms with E-state index in [2.05, 4.69) is 89.9 Å². The standard InChI is InChI=1S/C24H24N2O/c1-26-22(18-11-5-2-6-12-18)17-21(25-27)23(19-13-7-3-8-14-19)24(26)20-15-9-4-10-16-20/h2-16,22-24,27H,17H2,1H3/b25-21-/t22-,23+,24+/m1/s1. The molecule has 0 aliphatic carbocycles. The van der Waals surface area contributed by atoms with Gasteiger partial charge in [-0.2, -0.15) is 0 Å². The molecule has 0 unspecified atom stereocenters. The van der Waals surface area contributed by atoms with E-state index < -0.39 is 0 Å². The fourth-order valence-electron chi connectivity index (χ4n) is 4.32. The van der Waals surface area contributed by atoms with E-state index in [0.29, 0.717) is 6.42 Å². The quantitative estimate of drug-likeness (QED) is 0.502. The van der Waals surface area contributed by atoms with Crippen LogP contribution in [0.5, 0.6) is 0 Å². The second-order valence-corrected chi connectivity index (χ2v) is 7.13. The number of hydrogen-bond acceptors (Lipinski definition) is 3. The summed E-state index contributed by atoms with van der Waals surface area (Å²) in [4.78, 5) is 2.43. The molecule has 0 spiro atoms. The minimum atomic E-state index is 0.0172. The van der Waals surface area contributed by atoms with E-state index in [1.54, 1.807) is 0 Å². The molecule has 0 saturated carbocycles. The number of piperidine rings is 1. The first-order valence-corrected chi connectivity index (χ1v) is 9.37. The van der Waals surface area contributed by atoms with Crippen molar-refractivity contribution in [3.63, 3.8) is 0 Å². The van der Waals surface area contributed by atoms with E-state index in [1.165, 1.54) is 16.7 Å². The van der Waals surface area contributed by atoms with Crippen LogP contribution in [0.2, 0.25) is 0 Å². The minimum absolute atomic E-state index is 0.0172. The van der Waals surface area contributed by atoms with Gasteiger partial charge in [-0.25, -0.2) is 0 Å². The monoisotopic (exact) mass is 356 g/mol. The van der Waals surface area contributed by atoms with Crippen LogP contribution in [0.4, 0.5) is 0 Å². The molecule has 27 heavy (non-hydrogen) atoms. The number of nitrogens with zero attached hydrogens (tertiary/aromatic N) is 2. The van der Waals surface area contributed by atoms with Gasteiger partial charge in [0, 0.05) is 24.4 Å². The maximum Gasteiger partial charge on any atom is 0.0683 e. The molecule has 0 amide bonds. The van der Waals surface area contributed by atoms with Gasteiger partial charge in [-0.15, -0.1) is 0 Å². The highest BCUT2D eigenvalue weighted by atomic mass is 16.4. The summed E-state index contributed by atoms with van der Waals surface area (Å²) >= 11 is 0. The Hall–Kier alpha value is -2.91. The summed E-state index contributed by atoms with van der Waals surface area (Å²) in [6.45, 7) is 0. The zero-order valence-electron chi connectivity index (χ0n) is 15.4. The second kappa shape index (κ2) is 7.77. The molecule has 4 rings (SSSR count). The average Bonchev–Trinajstić information content (AvgIpc) is 2.75. The lowest BCUT2D eigenvalue weighted by Gasteiger charge is -2.45. The van der Waals surface area contributed by atoms with Gasteiger partial charge in [-0.1, -0.05) is 96.2 Å². The summed E-state index contributed by atoms with van der Waals surface area (Å²) in [5.74, 6) is 0.0172. The molecule has 1 N–H and O–H groups in total. The Kier molecular flexibility index (Phi) is 5.03. The number of likely N-dealkylation sites (N-methyl/N-ethyl adjacent to an activating group) is 1. The van der Waals surface area contributed by atoms with Crippen molar-refractivity contribution in [2.75, 3.05) is 7.05 Å². The Bertz CT molecular complexity index is 893. The minimum Gasteiger partial charge on any atom is -0.411 e. The van der Waals surface area contributed by atoms with Crippen LogP contribution in [-0.2, 0) is 0 Å². The molecule has 3 heteroatoms. The predicted molar refractivity (Wildman–Crippen MR) is 109 cm³/mol. The van der Waals surface area contributed by atoms with Crippen LogP contribution in [0.15, 0.2) is 96.2 Å². The van der Waals surface area contributed by atoms with Gasteiger partial charge in [0.25, 0.3) is 0 Å². The maximum atomic E-state index is 9.91. The number of oxime groups is 1. The largest absolute Gasteiger partial charge is 0.411 e. The van der Waals surface area contributed by atoms with E-state index in [-0.39, 0.29) is 18.0 Å². The molecule has 3 atom stereocenters. The zero-order chi connectivity index (χ0) is 18.6. The van der Waals surface area contributed by atoms with Crippen molar-refractivity contribution in [3.05, 3.63) is 108 Å². The smallest absolute Gasteiger partial charge is 0.0683 e. The van der Waals surface area contributed by atoms with Gasteiger partial charge in [0.1, 0.15) is 0 Å². The summed E-state index contributed by atoms with van der Waals surface area (Å²) < 4.78 is 0. The van der Waals surface area contributed by atoms with Crippen molar-refractivity contribution in [2.24, 2.45) is 5.16 Å². The summed E-state index contributed by atoms with van der Waals surface area (Å²) in [6, 6.07) is 31.7. The molecule has 136 valence electrons. The van der Waals surface area contributed by atoms with Gasteiger partial charge in [0.05, 0.1) is 5.71 Å². The Morgan fingerprint density at radius 3 is 1.74 bits per heavy atom. The zero-order valence-corrected chi connectivity index (χ0v) is 15.4. The van der Waals surface area contributed by atoms with Gasteiger partial charge in [-0.3, -0.25) is 4.90 Å². The molecular weight excluding hydrogens is 332 g/mol. The number of benzene rings is 3. The molecule has 1 fully saturated rings. The molecule has 1 aliphatic rings. The van der Waals surface area contributed by atoms with Crippen molar-refractivity contribution in [1.82, 2.24) is 4.90 Å².